The molecule has 5 rings (SSSR count). The summed E-state index contributed by atoms with van der Waals surface area (Å²) in [4.78, 5) is 28.1. The second-order valence-corrected chi connectivity index (χ2v) is 7.91. The maximum absolute atomic E-state index is 11.7. The van der Waals surface area contributed by atoms with Gasteiger partial charge in [0.15, 0.2) is 11.5 Å². The Morgan fingerprint density at radius 2 is 1.58 bits per heavy atom. The standard InChI is InChI=1S/C11H15N5O2.C10H15N3O3.2HOP/c1-6-7(17)3-8(18-6)16-5-15-9-10(12-2)13-4-14-11(9)16;1-6-7(14)5-9(16-6)13-4-3-8(11-2)12-10(13)15;2*1-2/h4-8,17H,3H2,1-2H3,(H,12,13,14);3-4,6-7,9,14H,5H2,1-2H3,(H,11,12,15);2*2H/t6-,7-,8-;6-,7-,9-;;/m11../s1/i2*1T;;. The van der Waals surface area contributed by atoms with E-state index in [2.05, 4.69) is 30.6 Å². The number of nitrogens with zero attached hydrogens (tertiary/aromatic N) is 6. The van der Waals surface area contributed by atoms with Crippen molar-refractivity contribution in [2.75, 3.05) is 24.7 Å². The first-order valence-electron chi connectivity index (χ1n) is 12.6. The zero-order valence-electron chi connectivity index (χ0n) is 22.7. The Morgan fingerprint density at radius 1 is 0.974 bits per heavy atom. The van der Waals surface area contributed by atoms with Gasteiger partial charge in [-0.25, -0.2) is 19.7 Å². The second kappa shape index (κ2) is 14.9. The molecule has 0 aliphatic carbocycles. The molecule has 15 nitrogen and oxygen atoms in total. The molecule has 2 aliphatic rings. The van der Waals surface area contributed by atoms with Gasteiger partial charge in [0.2, 0.25) is 0 Å². The van der Waals surface area contributed by atoms with Crippen molar-refractivity contribution < 1.29 is 31.6 Å². The highest BCUT2D eigenvalue weighted by Gasteiger charge is 2.33. The minimum Gasteiger partial charge on any atom is -0.390 e. The fraction of sp³-hybridized carbons (Fsp3) is 0.571. The second-order valence-electron chi connectivity index (χ2n) is 7.91. The number of fused-ring (bicyclic) bond motifs is 1. The number of nitrogens with one attached hydrogen (secondary N) is 2. The molecule has 0 amide bonds. The van der Waals surface area contributed by atoms with Crippen LogP contribution in [0.1, 0.15) is 41.8 Å². The number of hydrogen-bond acceptors (Lipinski definition) is 13. The van der Waals surface area contributed by atoms with Gasteiger partial charge in [0, 0.05) is 35.9 Å². The number of aromatic nitrogens is 6. The van der Waals surface area contributed by atoms with E-state index in [1.807, 2.05) is 0 Å². The van der Waals surface area contributed by atoms with Crippen molar-refractivity contribution in [3.05, 3.63) is 35.4 Å². The summed E-state index contributed by atoms with van der Waals surface area (Å²) in [5.41, 5.74) is 0.888. The van der Waals surface area contributed by atoms with Crippen molar-refractivity contribution in [1.29, 1.82) is 0 Å². The number of imidazole rings is 1. The van der Waals surface area contributed by atoms with Crippen LogP contribution in [0.25, 0.3) is 11.2 Å². The lowest BCUT2D eigenvalue weighted by atomic mass is 10.2. The number of aliphatic hydroxyl groups excluding tert-OH is 2. The van der Waals surface area contributed by atoms with Crippen molar-refractivity contribution in [1.82, 2.24) is 29.1 Å². The van der Waals surface area contributed by atoms with Gasteiger partial charge < -0.3 is 30.3 Å². The van der Waals surface area contributed by atoms with Crippen molar-refractivity contribution in [2.24, 2.45) is 0 Å². The number of aliphatic hydroxyl groups is 2. The molecule has 5 heterocycles. The lowest BCUT2D eigenvalue weighted by Crippen LogP contribution is -2.27. The summed E-state index contributed by atoms with van der Waals surface area (Å²) >= 11 is 0. The van der Waals surface area contributed by atoms with Crippen LogP contribution < -0.4 is 16.3 Å². The summed E-state index contributed by atoms with van der Waals surface area (Å²) < 4.78 is 44.8. The number of hydrogen-bond donors (Lipinski definition) is 4. The summed E-state index contributed by atoms with van der Waals surface area (Å²) in [6.07, 6.45) is 2.23. The van der Waals surface area contributed by atoms with Crippen LogP contribution in [0.3, 0.4) is 0 Å². The van der Waals surface area contributed by atoms with Crippen molar-refractivity contribution in [2.45, 2.75) is 63.5 Å². The summed E-state index contributed by atoms with van der Waals surface area (Å²) in [7, 11) is 6.89. The molecular formula is C21H32N8O7P2. The van der Waals surface area contributed by atoms with E-state index in [0.29, 0.717) is 35.6 Å². The molecule has 3 aromatic heterocycles. The first-order valence-corrected chi connectivity index (χ1v) is 12.0. The van der Waals surface area contributed by atoms with Gasteiger partial charge in [0.05, 0.1) is 30.7 Å². The fourth-order valence-corrected chi connectivity index (χ4v) is 3.79. The summed E-state index contributed by atoms with van der Waals surface area (Å²) in [5, 5.41) is 25.2. The molecule has 2 fully saturated rings. The third-order valence-corrected chi connectivity index (χ3v) is 5.71. The zero-order valence-corrected chi connectivity index (χ0v) is 22.7. The van der Waals surface area contributed by atoms with Crippen molar-refractivity contribution in [3.8, 4) is 0 Å². The third kappa shape index (κ3) is 7.13. The largest absolute Gasteiger partial charge is 0.390 e. The van der Waals surface area contributed by atoms with E-state index in [1.54, 1.807) is 55.5 Å². The van der Waals surface area contributed by atoms with Crippen molar-refractivity contribution >= 4 is 41.0 Å². The van der Waals surface area contributed by atoms with E-state index in [4.69, 9.17) is 21.3 Å². The molecule has 0 unspecified atom stereocenters. The van der Waals surface area contributed by atoms with Gasteiger partial charge >= 0.3 is 5.69 Å². The smallest absolute Gasteiger partial charge is 0.351 e. The molecule has 3 aromatic rings. The van der Waals surface area contributed by atoms with Crippen LogP contribution >= 0.6 is 18.2 Å². The normalized spacial score (nSPS) is 26.4. The van der Waals surface area contributed by atoms with Crippen LogP contribution in [0.5, 0.6) is 0 Å². The van der Waals surface area contributed by atoms with E-state index < -0.39 is 36.3 Å². The minimum atomic E-state index is -0.701. The monoisotopic (exact) mass is 574 g/mol. The number of anilines is 2. The van der Waals surface area contributed by atoms with E-state index in [1.165, 1.54) is 10.9 Å². The minimum absolute atomic E-state index is 0.0194. The topological polar surface area (TPSA) is 196 Å². The fourth-order valence-electron chi connectivity index (χ4n) is 3.79. The Morgan fingerprint density at radius 3 is 2.08 bits per heavy atom. The molecule has 0 saturated carbocycles. The zero-order chi connectivity index (χ0) is 29.8. The molecule has 17 heteroatoms. The van der Waals surface area contributed by atoms with Gasteiger partial charge in [-0.2, -0.15) is 4.98 Å². The van der Waals surface area contributed by atoms with Gasteiger partial charge in [0.25, 0.3) is 0 Å². The predicted octanol–water partition coefficient (Wildman–Crippen LogP) is 1.44. The highest BCUT2D eigenvalue weighted by atomic mass is 31.0. The Hall–Kier alpha value is -2.93. The van der Waals surface area contributed by atoms with E-state index in [9.17, 15) is 15.0 Å². The van der Waals surface area contributed by atoms with Crippen LogP contribution in [-0.2, 0) is 18.6 Å². The average Bonchev–Trinajstić information content (AvgIpc) is 3.71. The summed E-state index contributed by atoms with van der Waals surface area (Å²) in [6.45, 7) is 0.0233. The third-order valence-electron chi connectivity index (χ3n) is 5.71. The predicted molar refractivity (Wildman–Crippen MR) is 141 cm³/mol. The molecule has 0 spiro atoms. The molecule has 208 valence electrons. The lowest BCUT2D eigenvalue weighted by Gasteiger charge is -2.13. The van der Waals surface area contributed by atoms with Gasteiger partial charge in [-0.15, -0.1) is 0 Å². The Balaban J connectivity index is 0.000000251. The van der Waals surface area contributed by atoms with Gasteiger partial charge in [-0.05, 0) is 19.9 Å². The maximum Gasteiger partial charge on any atom is 0.351 e. The first-order chi connectivity index (χ1) is 19.4. The van der Waals surface area contributed by atoms with Crippen LogP contribution in [0.4, 0.5) is 11.6 Å². The van der Waals surface area contributed by atoms with Crippen LogP contribution in [0.15, 0.2) is 29.7 Å². The van der Waals surface area contributed by atoms with Crippen LogP contribution in [0.2, 0.25) is 0 Å². The Labute approximate surface area is 225 Å². The molecule has 0 aromatic carbocycles. The quantitative estimate of drug-likeness (QED) is 0.327. The lowest BCUT2D eigenvalue weighted by molar-refractivity contribution is -0.0100. The molecule has 6 atom stereocenters. The molecule has 2 saturated heterocycles. The Kier molecular flexibility index (Phi) is 11.0. The summed E-state index contributed by atoms with van der Waals surface area (Å²) in [6, 6.07) is 1.66. The highest BCUT2D eigenvalue weighted by Crippen LogP contribution is 2.31. The molecule has 0 radical (unpaired) electrons. The highest BCUT2D eigenvalue weighted by molar-refractivity contribution is 7.00. The number of ether oxygens (including phenoxy) is 2. The van der Waals surface area contributed by atoms with Crippen LogP contribution in [-0.4, -0.2) is 77.8 Å². The van der Waals surface area contributed by atoms with E-state index in [-0.39, 0.29) is 20.0 Å². The number of rotatable bonds is 4. The Bertz CT molecular complexity index is 1270. The van der Waals surface area contributed by atoms with Gasteiger partial charge in [-0.1, -0.05) is 0 Å². The van der Waals surface area contributed by atoms with E-state index in [0.717, 1.165) is 0 Å². The van der Waals surface area contributed by atoms with Gasteiger partial charge in [0.1, 0.15) is 48.4 Å². The van der Waals surface area contributed by atoms with Crippen molar-refractivity contribution in [3.63, 3.8) is 0 Å². The SMILES string of the molecule is O=P.O=P.[3H]C[C@H]1O[C@@H](n2ccc(NC)nc2=O)C[C@H]1O.[3H]C[C@H]1O[C@@H](n2cnc3c(NC)ncnc32)C[C@H]1O. The maximum atomic E-state index is 11.7. The first kappa shape index (κ1) is 28.1. The summed E-state index contributed by atoms with van der Waals surface area (Å²) in [5.74, 6) is 1.14. The molecule has 0 bridgehead atoms. The van der Waals surface area contributed by atoms with Gasteiger partial charge in [-0.3, -0.25) is 18.3 Å². The molecule has 2 aliphatic heterocycles. The average molecular weight is 575 g/mol. The van der Waals surface area contributed by atoms with Crippen LogP contribution in [0, 0.1) is 0 Å². The molecule has 38 heavy (non-hydrogen) atoms. The molecule has 4 N–H and O–H groups in total. The van der Waals surface area contributed by atoms with E-state index >= 15 is 0 Å². The molecular weight excluding hydrogens is 538 g/mol.